The van der Waals surface area contributed by atoms with Gasteiger partial charge in [-0.3, -0.25) is 0 Å². The first-order valence-electron chi connectivity index (χ1n) is 6.53. The molecule has 4 heteroatoms. The molecule has 0 saturated heterocycles. The number of nitrogens with zero attached hydrogens (tertiary/aromatic N) is 2. The molecule has 1 aromatic heterocycles. The minimum atomic E-state index is 0.0444. The fourth-order valence-electron chi connectivity index (χ4n) is 1.88. The third-order valence-electron chi connectivity index (χ3n) is 3.20. The second-order valence-electron chi connectivity index (χ2n) is 5.06. The lowest BCUT2D eigenvalue weighted by atomic mass is 10.00. The summed E-state index contributed by atoms with van der Waals surface area (Å²) in [6.07, 6.45) is 3.76. The summed E-state index contributed by atoms with van der Waals surface area (Å²) in [6, 6.07) is 8.66. The Labute approximate surface area is 119 Å². The van der Waals surface area contributed by atoms with E-state index in [-0.39, 0.29) is 6.04 Å². The topological polar surface area (TPSA) is 43.8 Å². The Kier molecular flexibility index (Phi) is 4.66. The SMILES string of the molecule is CC(C)c1ccc(C(N)CSc2nccn2C)cc1. The van der Waals surface area contributed by atoms with Crippen molar-refractivity contribution in [2.24, 2.45) is 12.8 Å². The van der Waals surface area contributed by atoms with Crippen molar-refractivity contribution in [2.45, 2.75) is 31.0 Å². The first-order chi connectivity index (χ1) is 9.08. The van der Waals surface area contributed by atoms with Crippen LogP contribution in [0.1, 0.15) is 36.9 Å². The normalized spacial score (nSPS) is 12.9. The molecule has 0 aliphatic carbocycles. The second kappa shape index (κ2) is 6.26. The Morgan fingerprint density at radius 2 is 1.84 bits per heavy atom. The second-order valence-corrected chi connectivity index (χ2v) is 6.05. The molecule has 0 radical (unpaired) electrons. The number of benzene rings is 1. The maximum absolute atomic E-state index is 6.23. The van der Waals surface area contributed by atoms with Crippen LogP contribution in [0.5, 0.6) is 0 Å². The van der Waals surface area contributed by atoms with Gasteiger partial charge in [-0.25, -0.2) is 4.98 Å². The number of imidazole rings is 1. The van der Waals surface area contributed by atoms with E-state index in [0.717, 1.165) is 10.9 Å². The number of hydrogen-bond donors (Lipinski definition) is 1. The van der Waals surface area contributed by atoms with Crippen molar-refractivity contribution in [1.29, 1.82) is 0 Å². The van der Waals surface area contributed by atoms with Crippen LogP contribution in [0.4, 0.5) is 0 Å². The third-order valence-corrected chi connectivity index (χ3v) is 4.38. The van der Waals surface area contributed by atoms with Gasteiger partial charge in [0.2, 0.25) is 0 Å². The van der Waals surface area contributed by atoms with Crippen LogP contribution in [-0.2, 0) is 7.05 Å². The largest absolute Gasteiger partial charge is 0.329 e. The van der Waals surface area contributed by atoms with E-state index in [2.05, 4.69) is 43.1 Å². The van der Waals surface area contributed by atoms with E-state index in [1.54, 1.807) is 11.8 Å². The number of thioether (sulfide) groups is 1. The molecule has 1 unspecified atom stereocenters. The Morgan fingerprint density at radius 1 is 1.21 bits per heavy atom. The monoisotopic (exact) mass is 275 g/mol. The Morgan fingerprint density at radius 3 is 2.37 bits per heavy atom. The van der Waals surface area contributed by atoms with Crippen LogP contribution in [0.25, 0.3) is 0 Å². The number of aromatic nitrogens is 2. The molecule has 1 atom stereocenters. The lowest BCUT2D eigenvalue weighted by Crippen LogP contribution is -2.13. The summed E-state index contributed by atoms with van der Waals surface area (Å²) in [5.74, 6) is 1.40. The lowest BCUT2D eigenvalue weighted by molar-refractivity contribution is 0.779. The van der Waals surface area contributed by atoms with Crippen molar-refractivity contribution in [3.8, 4) is 0 Å². The highest BCUT2D eigenvalue weighted by Crippen LogP contribution is 2.23. The Balaban J connectivity index is 1.96. The molecule has 2 N–H and O–H groups in total. The smallest absolute Gasteiger partial charge is 0.167 e. The van der Waals surface area contributed by atoms with Crippen LogP contribution >= 0.6 is 11.8 Å². The van der Waals surface area contributed by atoms with Gasteiger partial charge in [0, 0.05) is 31.2 Å². The first kappa shape index (κ1) is 14.2. The summed E-state index contributed by atoms with van der Waals surface area (Å²) in [5.41, 5.74) is 8.77. The zero-order valence-corrected chi connectivity index (χ0v) is 12.5. The van der Waals surface area contributed by atoms with Crippen molar-refractivity contribution >= 4 is 11.8 Å². The summed E-state index contributed by atoms with van der Waals surface area (Å²) >= 11 is 1.69. The predicted molar refractivity (Wildman–Crippen MR) is 81.4 cm³/mol. The highest BCUT2D eigenvalue weighted by Gasteiger charge is 2.09. The van der Waals surface area contributed by atoms with Gasteiger partial charge < -0.3 is 10.3 Å². The average molecular weight is 275 g/mol. The Hall–Kier alpha value is -1.26. The number of hydrogen-bond acceptors (Lipinski definition) is 3. The molecule has 2 aromatic rings. The van der Waals surface area contributed by atoms with Crippen LogP contribution in [0.15, 0.2) is 41.8 Å². The molecule has 19 heavy (non-hydrogen) atoms. The van der Waals surface area contributed by atoms with Gasteiger partial charge in [-0.05, 0) is 17.0 Å². The van der Waals surface area contributed by atoms with E-state index in [1.165, 1.54) is 11.1 Å². The predicted octanol–water partition coefficient (Wildman–Crippen LogP) is 3.34. The van der Waals surface area contributed by atoms with Crippen LogP contribution < -0.4 is 5.73 Å². The van der Waals surface area contributed by atoms with Gasteiger partial charge >= 0.3 is 0 Å². The molecule has 1 heterocycles. The van der Waals surface area contributed by atoms with Gasteiger partial charge in [0.05, 0.1) is 0 Å². The van der Waals surface area contributed by atoms with Gasteiger partial charge in [0.25, 0.3) is 0 Å². The Bertz CT molecular complexity index is 516. The molecule has 0 amide bonds. The van der Waals surface area contributed by atoms with Crippen molar-refractivity contribution in [2.75, 3.05) is 5.75 Å². The highest BCUT2D eigenvalue weighted by molar-refractivity contribution is 7.99. The molecule has 3 nitrogen and oxygen atoms in total. The summed E-state index contributed by atoms with van der Waals surface area (Å²) < 4.78 is 2.01. The van der Waals surface area contributed by atoms with E-state index in [4.69, 9.17) is 5.73 Å². The van der Waals surface area contributed by atoms with Gasteiger partial charge in [0.15, 0.2) is 5.16 Å². The summed E-state index contributed by atoms with van der Waals surface area (Å²) in [4.78, 5) is 4.29. The quantitative estimate of drug-likeness (QED) is 0.851. The molecule has 2 rings (SSSR count). The van der Waals surface area contributed by atoms with Crippen molar-refractivity contribution < 1.29 is 0 Å². The summed E-state index contributed by atoms with van der Waals surface area (Å²) in [5, 5.41) is 1.01. The van der Waals surface area contributed by atoms with Gasteiger partial charge in [-0.15, -0.1) is 0 Å². The van der Waals surface area contributed by atoms with E-state index < -0.39 is 0 Å². The van der Waals surface area contributed by atoms with Crippen LogP contribution in [0.3, 0.4) is 0 Å². The van der Waals surface area contributed by atoms with Gasteiger partial charge in [-0.2, -0.15) is 0 Å². The molecular formula is C15H21N3S. The minimum absolute atomic E-state index is 0.0444. The molecule has 0 bridgehead atoms. The minimum Gasteiger partial charge on any atom is -0.329 e. The molecule has 1 aromatic carbocycles. The molecule has 0 fully saturated rings. The number of aryl methyl sites for hydroxylation is 1. The fourth-order valence-corrected chi connectivity index (χ4v) is 2.80. The van der Waals surface area contributed by atoms with Crippen LogP contribution in [0, 0.1) is 0 Å². The summed E-state index contributed by atoms with van der Waals surface area (Å²) in [7, 11) is 2.00. The zero-order chi connectivity index (χ0) is 13.8. The fraction of sp³-hybridized carbons (Fsp3) is 0.400. The first-order valence-corrected chi connectivity index (χ1v) is 7.52. The maximum Gasteiger partial charge on any atom is 0.167 e. The maximum atomic E-state index is 6.23. The van der Waals surface area contributed by atoms with Crippen molar-refractivity contribution in [3.05, 3.63) is 47.8 Å². The van der Waals surface area contributed by atoms with Crippen LogP contribution in [0.2, 0.25) is 0 Å². The van der Waals surface area contributed by atoms with E-state index in [0.29, 0.717) is 5.92 Å². The van der Waals surface area contributed by atoms with Gasteiger partial charge in [-0.1, -0.05) is 49.9 Å². The lowest BCUT2D eigenvalue weighted by Gasteiger charge is -2.13. The van der Waals surface area contributed by atoms with E-state index >= 15 is 0 Å². The number of rotatable bonds is 5. The number of nitrogens with two attached hydrogens (primary N) is 1. The van der Waals surface area contributed by atoms with Crippen molar-refractivity contribution in [1.82, 2.24) is 9.55 Å². The molecule has 0 aliphatic heterocycles. The zero-order valence-electron chi connectivity index (χ0n) is 11.7. The van der Waals surface area contributed by atoms with Gasteiger partial charge in [0.1, 0.15) is 0 Å². The van der Waals surface area contributed by atoms with Crippen molar-refractivity contribution in [3.63, 3.8) is 0 Å². The molecule has 0 saturated carbocycles. The molecule has 0 spiro atoms. The average Bonchev–Trinajstić information content (AvgIpc) is 2.81. The van der Waals surface area contributed by atoms with E-state index in [9.17, 15) is 0 Å². The highest BCUT2D eigenvalue weighted by atomic mass is 32.2. The molecular weight excluding hydrogens is 254 g/mol. The molecule has 102 valence electrons. The standard InChI is InChI=1S/C15H21N3S/c1-11(2)12-4-6-13(7-5-12)14(16)10-19-15-17-8-9-18(15)3/h4-9,11,14H,10,16H2,1-3H3. The van der Waals surface area contributed by atoms with Crippen LogP contribution in [-0.4, -0.2) is 15.3 Å². The molecule has 0 aliphatic rings. The summed E-state index contributed by atoms with van der Waals surface area (Å²) in [6.45, 7) is 4.40. The third kappa shape index (κ3) is 3.61. The van der Waals surface area contributed by atoms with E-state index in [1.807, 2.05) is 24.0 Å².